The number of hydrogen-bond donors (Lipinski definition) is 2. The first kappa shape index (κ1) is 23.2. The van der Waals surface area contributed by atoms with Crippen LogP contribution in [0.1, 0.15) is 29.8 Å². The number of ether oxygens (including phenoxy) is 2. The Balaban J connectivity index is 1.59. The van der Waals surface area contributed by atoms with Gasteiger partial charge in [0.2, 0.25) is 0 Å². The highest BCUT2D eigenvalue weighted by Crippen LogP contribution is 2.27. The second-order valence-corrected chi connectivity index (χ2v) is 7.50. The third-order valence-electron chi connectivity index (χ3n) is 4.86. The number of methoxy groups -OCH3 is 1. The number of amides is 2. The minimum absolute atomic E-state index is 0.209. The molecule has 3 rings (SSSR count). The van der Waals surface area contributed by atoms with Crippen LogP contribution in [0, 0.1) is 0 Å². The second kappa shape index (κ2) is 10.7. The van der Waals surface area contributed by atoms with E-state index in [4.69, 9.17) is 21.1 Å². The maximum Gasteiger partial charge on any atom is 0.265 e. The van der Waals surface area contributed by atoms with Crippen LogP contribution in [0.25, 0.3) is 0 Å². The Morgan fingerprint density at radius 3 is 2.38 bits per heavy atom. The first-order valence-electron chi connectivity index (χ1n) is 10.2. The molecule has 2 amide bonds. The molecular formula is C25H25ClN2O4. The van der Waals surface area contributed by atoms with Crippen molar-refractivity contribution in [2.24, 2.45) is 0 Å². The quantitative estimate of drug-likeness (QED) is 0.468. The van der Waals surface area contributed by atoms with Gasteiger partial charge in [0.25, 0.3) is 11.8 Å². The monoisotopic (exact) mass is 452 g/mol. The summed E-state index contributed by atoms with van der Waals surface area (Å²) in [5.41, 5.74) is 2.90. The van der Waals surface area contributed by atoms with Gasteiger partial charge in [0.1, 0.15) is 11.5 Å². The molecular weight excluding hydrogens is 428 g/mol. The van der Waals surface area contributed by atoms with Crippen LogP contribution in [0.2, 0.25) is 5.02 Å². The Bertz CT molecular complexity index is 1100. The zero-order chi connectivity index (χ0) is 23.1. The van der Waals surface area contributed by atoms with E-state index in [9.17, 15) is 9.59 Å². The highest BCUT2D eigenvalue weighted by Gasteiger charge is 2.16. The molecule has 0 aliphatic carbocycles. The molecule has 0 heterocycles. The van der Waals surface area contributed by atoms with Gasteiger partial charge in [-0.15, -0.1) is 0 Å². The molecule has 0 bridgehead atoms. The number of para-hydroxylation sites is 1. The van der Waals surface area contributed by atoms with Crippen LogP contribution in [0.4, 0.5) is 11.4 Å². The summed E-state index contributed by atoms with van der Waals surface area (Å²) in [6.07, 6.45) is 0.0679. The third-order valence-corrected chi connectivity index (χ3v) is 5.16. The van der Waals surface area contributed by atoms with E-state index in [1.807, 2.05) is 31.2 Å². The van der Waals surface area contributed by atoms with Gasteiger partial charge in [-0.1, -0.05) is 36.7 Å². The van der Waals surface area contributed by atoms with Gasteiger partial charge in [-0.2, -0.15) is 0 Å². The van der Waals surface area contributed by atoms with Crippen molar-refractivity contribution in [1.82, 2.24) is 0 Å². The van der Waals surface area contributed by atoms with E-state index in [-0.39, 0.29) is 11.8 Å². The van der Waals surface area contributed by atoms with E-state index in [0.29, 0.717) is 27.8 Å². The third kappa shape index (κ3) is 5.80. The van der Waals surface area contributed by atoms with E-state index >= 15 is 0 Å². The molecule has 32 heavy (non-hydrogen) atoms. The van der Waals surface area contributed by atoms with E-state index < -0.39 is 6.10 Å². The Kier molecular flexibility index (Phi) is 7.73. The van der Waals surface area contributed by atoms with Gasteiger partial charge in [-0.3, -0.25) is 9.59 Å². The Labute approximate surface area is 192 Å². The number of anilines is 2. The highest BCUT2D eigenvalue weighted by molar-refractivity contribution is 6.32. The predicted molar refractivity (Wildman–Crippen MR) is 127 cm³/mol. The molecule has 3 aromatic rings. The number of benzene rings is 3. The Morgan fingerprint density at radius 1 is 1.00 bits per heavy atom. The number of nitrogens with one attached hydrogen (secondary N) is 2. The molecule has 0 saturated heterocycles. The minimum atomic E-state index is -0.757. The zero-order valence-corrected chi connectivity index (χ0v) is 18.9. The van der Waals surface area contributed by atoms with Crippen molar-refractivity contribution in [2.75, 3.05) is 17.7 Å². The molecule has 0 spiro atoms. The molecule has 1 atom stereocenters. The Morgan fingerprint density at radius 2 is 1.72 bits per heavy atom. The largest absolute Gasteiger partial charge is 0.495 e. The van der Waals surface area contributed by atoms with Crippen LogP contribution in [0.3, 0.4) is 0 Å². The number of hydrogen-bond acceptors (Lipinski definition) is 4. The fourth-order valence-corrected chi connectivity index (χ4v) is 3.33. The summed E-state index contributed by atoms with van der Waals surface area (Å²) >= 11 is 6.09. The predicted octanol–water partition coefficient (Wildman–Crippen LogP) is 5.57. The molecule has 0 fully saturated rings. The maximum atomic E-state index is 12.6. The zero-order valence-electron chi connectivity index (χ0n) is 18.1. The standard InChI is InChI=1S/C25H25ClN2O4/c1-4-17-7-5-6-8-22(17)28-25(30)18-9-12-20(13-10-18)32-16(2)24(29)27-19-11-14-23(31-3)21(26)15-19/h5-16H,4H2,1-3H3,(H,27,29)(H,28,30). The first-order chi connectivity index (χ1) is 15.4. The van der Waals surface area contributed by atoms with Crippen molar-refractivity contribution in [3.63, 3.8) is 0 Å². The lowest BCUT2D eigenvalue weighted by atomic mass is 10.1. The van der Waals surface area contributed by atoms with Gasteiger partial charge in [0, 0.05) is 16.9 Å². The highest BCUT2D eigenvalue weighted by atomic mass is 35.5. The van der Waals surface area contributed by atoms with Crippen molar-refractivity contribution in [3.05, 3.63) is 82.9 Å². The number of halogens is 1. The van der Waals surface area contributed by atoms with Crippen LogP contribution in [-0.2, 0) is 11.2 Å². The second-order valence-electron chi connectivity index (χ2n) is 7.09. The fourth-order valence-electron chi connectivity index (χ4n) is 3.08. The van der Waals surface area contributed by atoms with Crippen LogP contribution in [0.15, 0.2) is 66.7 Å². The summed E-state index contributed by atoms with van der Waals surface area (Å²) in [6, 6.07) is 19.3. The van der Waals surface area contributed by atoms with Gasteiger partial charge in [-0.05, 0) is 67.4 Å². The van der Waals surface area contributed by atoms with E-state index in [0.717, 1.165) is 17.7 Å². The molecule has 1 unspecified atom stereocenters. The van der Waals surface area contributed by atoms with E-state index in [1.165, 1.54) is 7.11 Å². The molecule has 0 saturated carbocycles. The first-order valence-corrected chi connectivity index (χ1v) is 10.6. The molecule has 0 radical (unpaired) electrons. The number of carbonyl (C=O) groups excluding carboxylic acids is 2. The van der Waals surface area contributed by atoms with Crippen LogP contribution < -0.4 is 20.1 Å². The van der Waals surface area contributed by atoms with Crippen LogP contribution in [0.5, 0.6) is 11.5 Å². The molecule has 3 aromatic carbocycles. The van der Waals surface area contributed by atoms with Gasteiger partial charge < -0.3 is 20.1 Å². The summed E-state index contributed by atoms with van der Waals surface area (Å²) in [6.45, 7) is 3.68. The minimum Gasteiger partial charge on any atom is -0.495 e. The van der Waals surface area contributed by atoms with Crippen molar-refractivity contribution in [3.8, 4) is 11.5 Å². The smallest absolute Gasteiger partial charge is 0.265 e. The molecule has 0 aromatic heterocycles. The number of aryl methyl sites for hydroxylation is 1. The van der Waals surface area contributed by atoms with Crippen LogP contribution in [-0.4, -0.2) is 25.0 Å². The summed E-state index contributed by atoms with van der Waals surface area (Å²) in [5, 5.41) is 6.08. The van der Waals surface area contributed by atoms with Gasteiger partial charge >= 0.3 is 0 Å². The summed E-state index contributed by atoms with van der Waals surface area (Å²) in [4.78, 5) is 25.0. The van der Waals surface area contributed by atoms with Gasteiger partial charge in [0.15, 0.2) is 6.10 Å². The summed E-state index contributed by atoms with van der Waals surface area (Å²) in [5.74, 6) is 0.464. The summed E-state index contributed by atoms with van der Waals surface area (Å²) in [7, 11) is 1.52. The Hall–Kier alpha value is -3.51. The SMILES string of the molecule is CCc1ccccc1NC(=O)c1ccc(OC(C)C(=O)Nc2ccc(OC)c(Cl)c2)cc1. The molecule has 6 nitrogen and oxygen atoms in total. The normalized spacial score (nSPS) is 11.4. The van der Waals surface area contributed by atoms with Crippen molar-refractivity contribution >= 4 is 34.8 Å². The molecule has 7 heteroatoms. The lowest BCUT2D eigenvalue weighted by Gasteiger charge is -2.15. The molecule has 0 aliphatic heterocycles. The maximum absolute atomic E-state index is 12.6. The van der Waals surface area contributed by atoms with E-state index in [2.05, 4.69) is 10.6 Å². The van der Waals surface area contributed by atoms with Crippen molar-refractivity contribution in [1.29, 1.82) is 0 Å². The topological polar surface area (TPSA) is 76.7 Å². The molecule has 0 aliphatic rings. The van der Waals surface area contributed by atoms with Gasteiger partial charge in [-0.25, -0.2) is 0 Å². The lowest BCUT2D eigenvalue weighted by Crippen LogP contribution is -2.30. The average Bonchev–Trinajstić information content (AvgIpc) is 2.80. The van der Waals surface area contributed by atoms with E-state index in [1.54, 1.807) is 49.4 Å². The summed E-state index contributed by atoms with van der Waals surface area (Å²) < 4.78 is 10.8. The van der Waals surface area contributed by atoms with Gasteiger partial charge in [0.05, 0.1) is 12.1 Å². The average molecular weight is 453 g/mol. The van der Waals surface area contributed by atoms with Crippen molar-refractivity contribution in [2.45, 2.75) is 26.4 Å². The molecule has 166 valence electrons. The lowest BCUT2D eigenvalue weighted by molar-refractivity contribution is -0.122. The number of carbonyl (C=O) groups is 2. The molecule has 2 N–H and O–H groups in total. The van der Waals surface area contributed by atoms with Crippen molar-refractivity contribution < 1.29 is 19.1 Å². The number of rotatable bonds is 8. The van der Waals surface area contributed by atoms with Crippen LogP contribution >= 0.6 is 11.6 Å². The fraction of sp³-hybridized carbons (Fsp3) is 0.200.